The summed E-state index contributed by atoms with van der Waals surface area (Å²) < 4.78 is 4.86. The highest BCUT2D eigenvalue weighted by atomic mass is 16.5. The van der Waals surface area contributed by atoms with Crippen molar-refractivity contribution in [3.05, 3.63) is 53.1 Å². The van der Waals surface area contributed by atoms with Crippen LogP contribution in [0.2, 0.25) is 0 Å². The summed E-state index contributed by atoms with van der Waals surface area (Å²) in [6, 6.07) is 12.1. The minimum Gasteiger partial charge on any atom is -0.480 e. The van der Waals surface area contributed by atoms with Gasteiger partial charge in [-0.15, -0.1) is 0 Å². The average molecular weight is 449 g/mol. The molecule has 2 N–H and O–H groups in total. The molecule has 2 aliphatic carbocycles. The number of benzene rings is 2. The minimum absolute atomic E-state index is 0.112. The zero-order valence-corrected chi connectivity index (χ0v) is 19.6. The summed E-state index contributed by atoms with van der Waals surface area (Å²) in [5.74, 6) is -0.544. The SMILES string of the molecule is COC(=O)N[C@@H](Cc1ccc2c(c1N1CC3(CC3)CC1C(=O)O)Cc1ccccc1-2)C(C)C. The van der Waals surface area contributed by atoms with Gasteiger partial charge in [-0.25, -0.2) is 9.59 Å². The lowest BCUT2D eigenvalue weighted by molar-refractivity contribution is -0.138. The number of ether oxygens (including phenoxy) is 1. The van der Waals surface area contributed by atoms with Crippen molar-refractivity contribution in [2.45, 2.75) is 58.0 Å². The number of nitrogens with one attached hydrogen (secondary N) is 1. The van der Waals surface area contributed by atoms with Crippen LogP contribution in [0.5, 0.6) is 0 Å². The van der Waals surface area contributed by atoms with Crippen LogP contribution in [0.1, 0.15) is 49.8 Å². The number of carboxylic acids is 1. The molecule has 2 aromatic rings. The molecular formula is C27H32N2O4. The Hall–Kier alpha value is -3.02. The predicted octanol–water partition coefficient (Wildman–Crippen LogP) is 4.62. The first-order valence-corrected chi connectivity index (χ1v) is 11.9. The van der Waals surface area contributed by atoms with Crippen LogP contribution in [0.15, 0.2) is 36.4 Å². The predicted molar refractivity (Wildman–Crippen MR) is 128 cm³/mol. The van der Waals surface area contributed by atoms with Crippen LogP contribution in [-0.2, 0) is 22.4 Å². The number of anilines is 1. The van der Waals surface area contributed by atoms with E-state index < -0.39 is 18.1 Å². The maximum atomic E-state index is 12.3. The van der Waals surface area contributed by atoms with Crippen molar-refractivity contribution in [2.24, 2.45) is 11.3 Å². The van der Waals surface area contributed by atoms with E-state index in [1.165, 1.54) is 29.4 Å². The Labute approximate surface area is 194 Å². The summed E-state index contributed by atoms with van der Waals surface area (Å²) in [7, 11) is 1.38. The maximum Gasteiger partial charge on any atom is 0.407 e. The maximum absolute atomic E-state index is 12.3. The standard InChI is InChI=1S/C27H32N2O4/c1-16(2)22(28-26(32)33-3)13-18-8-9-20-19-7-5-4-6-17(19)12-21(20)24(18)29-15-27(10-11-27)14-23(29)25(30)31/h4-9,16,22-23H,10-15H2,1-3H3,(H,28,32)(H,30,31)/t22-,23?/m0/s1. The van der Waals surface area contributed by atoms with E-state index in [1.807, 2.05) is 0 Å². The quantitative estimate of drug-likeness (QED) is 0.575. The molecule has 6 heteroatoms. The fraction of sp³-hybridized carbons (Fsp3) is 0.481. The Morgan fingerprint density at radius 1 is 1.18 bits per heavy atom. The van der Waals surface area contributed by atoms with Crippen molar-refractivity contribution < 1.29 is 19.4 Å². The molecule has 5 rings (SSSR count). The second-order valence-electron chi connectivity index (χ2n) is 10.3. The van der Waals surface area contributed by atoms with Crippen LogP contribution in [0, 0.1) is 11.3 Å². The van der Waals surface area contributed by atoms with Gasteiger partial charge < -0.3 is 20.1 Å². The molecule has 1 saturated carbocycles. The second-order valence-corrected chi connectivity index (χ2v) is 10.3. The average Bonchev–Trinajstić information content (AvgIpc) is 3.27. The number of nitrogens with zero attached hydrogens (tertiary/aromatic N) is 1. The molecule has 2 atom stereocenters. The lowest BCUT2D eigenvalue weighted by atomic mass is 9.91. The van der Waals surface area contributed by atoms with E-state index in [2.05, 4.69) is 60.5 Å². The van der Waals surface area contributed by atoms with Crippen LogP contribution in [0.25, 0.3) is 11.1 Å². The number of carboxylic acid groups (broad SMARTS) is 1. The molecule has 1 unspecified atom stereocenters. The van der Waals surface area contributed by atoms with Gasteiger partial charge in [-0.1, -0.05) is 50.2 Å². The Bertz CT molecular complexity index is 1110. The minimum atomic E-state index is -0.745. The lowest BCUT2D eigenvalue weighted by Gasteiger charge is -2.31. The van der Waals surface area contributed by atoms with Crippen molar-refractivity contribution in [3.63, 3.8) is 0 Å². The summed E-state index contributed by atoms with van der Waals surface area (Å²) in [5, 5.41) is 13.1. The van der Waals surface area contributed by atoms with Crippen molar-refractivity contribution in [3.8, 4) is 11.1 Å². The van der Waals surface area contributed by atoms with Crippen LogP contribution in [0.4, 0.5) is 10.5 Å². The van der Waals surface area contributed by atoms with Crippen molar-refractivity contribution in [1.82, 2.24) is 5.32 Å². The topological polar surface area (TPSA) is 78.9 Å². The highest BCUT2D eigenvalue weighted by molar-refractivity contribution is 5.87. The molecule has 6 nitrogen and oxygen atoms in total. The van der Waals surface area contributed by atoms with E-state index in [0.29, 0.717) is 12.8 Å². The zero-order valence-electron chi connectivity index (χ0n) is 19.6. The number of rotatable bonds is 6. The third-order valence-electron chi connectivity index (χ3n) is 7.81. The van der Waals surface area contributed by atoms with Crippen LogP contribution in [-0.4, -0.2) is 42.9 Å². The number of fused-ring (bicyclic) bond motifs is 3. The number of methoxy groups -OCH3 is 1. The summed E-state index contributed by atoms with van der Waals surface area (Å²) in [6.45, 7) is 4.96. The van der Waals surface area contributed by atoms with Gasteiger partial charge in [0.1, 0.15) is 6.04 Å². The van der Waals surface area contributed by atoms with Gasteiger partial charge in [0.15, 0.2) is 0 Å². The van der Waals surface area contributed by atoms with Gasteiger partial charge in [-0.05, 0) is 64.8 Å². The smallest absolute Gasteiger partial charge is 0.407 e. The van der Waals surface area contributed by atoms with Crippen molar-refractivity contribution in [2.75, 3.05) is 18.6 Å². The molecule has 174 valence electrons. The Balaban J connectivity index is 1.60. The van der Waals surface area contributed by atoms with E-state index in [-0.39, 0.29) is 17.4 Å². The van der Waals surface area contributed by atoms with E-state index >= 15 is 0 Å². The molecule has 1 aliphatic heterocycles. The Morgan fingerprint density at radius 3 is 2.61 bits per heavy atom. The molecule has 0 bridgehead atoms. The van der Waals surface area contributed by atoms with E-state index in [4.69, 9.17) is 4.74 Å². The highest BCUT2D eigenvalue weighted by Crippen LogP contribution is 2.57. The summed E-state index contributed by atoms with van der Waals surface area (Å²) in [5.41, 5.74) is 7.26. The zero-order chi connectivity index (χ0) is 23.3. The van der Waals surface area contributed by atoms with Crippen LogP contribution in [0.3, 0.4) is 0 Å². The number of carbonyl (C=O) groups excluding carboxylic acids is 1. The summed E-state index contributed by atoms with van der Waals surface area (Å²) >= 11 is 0. The summed E-state index contributed by atoms with van der Waals surface area (Å²) in [6.07, 6.45) is 3.92. The van der Waals surface area contributed by atoms with Crippen molar-refractivity contribution >= 4 is 17.7 Å². The normalized spacial score (nSPS) is 20.5. The molecule has 1 saturated heterocycles. The van der Waals surface area contributed by atoms with Gasteiger partial charge in [0.2, 0.25) is 0 Å². The van der Waals surface area contributed by atoms with E-state index in [0.717, 1.165) is 37.1 Å². The van der Waals surface area contributed by atoms with E-state index in [1.54, 1.807) is 0 Å². The molecule has 2 aromatic carbocycles. The number of aliphatic carboxylic acids is 1. The lowest BCUT2D eigenvalue weighted by Crippen LogP contribution is -2.41. The molecule has 0 aromatic heterocycles. The first kappa shape index (κ1) is 21.8. The first-order valence-electron chi connectivity index (χ1n) is 11.9. The molecule has 0 radical (unpaired) electrons. The van der Waals surface area contributed by atoms with Crippen LogP contribution >= 0.6 is 0 Å². The number of hydrogen-bond donors (Lipinski definition) is 2. The Morgan fingerprint density at radius 2 is 1.94 bits per heavy atom. The van der Waals surface area contributed by atoms with Gasteiger partial charge in [0.25, 0.3) is 0 Å². The molecule has 1 heterocycles. The number of alkyl carbamates (subject to hydrolysis) is 1. The van der Waals surface area contributed by atoms with Gasteiger partial charge in [0.05, 0.1) is 7.11 Å². The molecule has 2 fully saturated rings. The fourth-order valence-corrected chi connectivity index (χ4v) is 5.72. The number of amides is 1. The number of hydrogen-bond acceptors (Lipinski definition) is 4. The van der Waals surface area contributed by atoms with Crippen molar-refractivity contribution in [1.29, 1.82) is 0 Å². The fourth-order valence-electron chi connectivity index (χ4n) is 5.72. The first-order chi connectivity index (χ1) is 15.8. The third kappa shape index (κ3) is 3.85. The molecule has 1 amide bonds. The summed E-state index contributed by atoms with van der Waals surface area (Å²) in [4.78, 5) is 26.5. The third-order valence-corrected chi connectivity index (χ3v) is 7.81. The molecule has 1 spiro atoms. The van der Waals surface area contributed by atoms with Gasteiger partial charge >= 0.3 is 12.1 Å². The Kier molecular flexibility index (Phi) is 5.34. The van der Waals surface area contributed by atoms with Gasteiger partial charge in [0, 0.05) is 24.7 Å². The largest absolute Gasteiger partial charge is 0.480 e. The van der Waals surface area contributed by atoms with Gasteiger partial charge in [-0.3, -0.25) is 0 Å². The molecule has 3 aliphatic rings. The van der Waals surface area contributed by atoms with Crippen LogP contribution < -0.4 is 10.2 Å². The number of carbonyl (C=O) groups is 2. The molecular weight excluding hydrogens is 416 g/mol. The van der Waals surface area contributed by atoms with E-state index in [9.17, 15) is 14.7 Å². The second kappa shape index (κ2) is 8.08. The highest BCUT2D eigenvalue weighted by Gasteiger charge is 2.54. The monoisotopic (exact) mass is 448 g/mol. The van der Waals surface area contributed by atoms with Gasteiger partial charge in [-0.2, -0.15) is 0 Å². The molecule has 33 heavy (non-hydrogen) atoms.